The molecular formula is C6H9NO2. The first-order valence-electron chi connectivity index (χ1n) is 3.11. The smallest absolute Gasteiger partial charge is 0.0979 e. The fourth-order valence-electron chi connectivity index (χ4n) is 1.33. The molecule has 0 aromatic carbocycles. The molecule has 2 heterocycles. The summed E-state index contributed by atoms with van der Waals surface area (Å²) in [5, 5.41) is 11.8. The fourth-order valence-corrected chi connectivity index (χ4v) is 1.33. The number of morpholine rings is 1. The Labute approximate surface area is 54.0 Å². The number of rotatable bonds is 1. The van der Waals surface area contributed by atoms with Crippen LogP contribution < -0.4 is 5.32 Å². The zero-order valence-electron chi connectivity index (χ0n) is 4.95. The summed E-state index contributed by atoms with van der Waals surface area (Å²) >= 11 is 0. The first-order chi connectivity index (χ1) is 4.33. The van der Waals surface area contributed by atoms with E-state index in [2.05, 4.69) is 5.32 Å². The fraction of sp³-hybridized carbons (Fsp3) is 0.833. The molecule has 2 aliphatic heterocycles. The monoisotopic (exact) mass is 127 g/mol. The van der Waals surface area contributed by atoms with Crippen molar-refractivity contribution in [3.63, 3.8) is 0 Å². The van der Waals surface area contributed by atoms with Crippen LogP contribution >= 0.6 is 0 Å². The van der Waals surface area contributed by atoms with Gasteiger partial charge in [0.25, 0.3) is 0 Å². The molecule has 1 unspecified atom stereocenters. The van der Waals surface area contributed by atoms with E-state index in [-0.39, 0.29) is 18.8 Å². The lowest BCUT2D eigenvalue weighted by molar-refractivity contribution is 0.0106. The molecule has 2 rings (SSSR count). The Morgan fingerprint density at radius 2 is 2.33 bits per heavy atom. The summed E-state index contributed by atoms with van der Waals surface area (Å²) in [6.45, 7) is 5.56. The van der Waals surface area contributed by atoms with Crippen LogP contribution in [0, 0.1) is 6.92 Å². The maximum Gasteiger partial charge on any atom is 0.0979 e. The molecule has 4 atom stereocenters. The quantitative estimate of drug-likeness (QED) is 0.435. The van der Waals surface area contributed by atoms with E-state index in [1.807, 2.05) is 0 Å². The molecule has 2 saturated heterocycles. The Bertz CT molecular complexity index is 128. The molecule has 0 aromatic heterocycles. The van der Waals surface area contributed by atoms with Gasteiger partial charge in [0.05, 0.1) is 30.9 Å². The Hall–Kier alpha value is -0.120. The number of fused-ring (bicyclic) bond motifs is 1. The Kier molecular flexibility index (Phi) is 1.06. The summed E-state index contributed by atoms with van der Waals surface area (Å²) in [5.74, 6) is 0. The van der Waals surface area contributed by atoms with Gasteiger partial charge in [-0.2, -0.15) is 0 Å². The van der Waals surface area contributed by atoms with Gasteiger partial charge < -0.3 is 15.2 Å². The van der Waals surface area contributed by atoms with Crippen molar-refractivity contribution in [3.05, 3.63) is 6.92 Å². The largest absolute Gasteiger partial charge is 0.394 e. The van der Waals surface area contributed by atoms with Gasteiger partial charge in [-0.15, -0.1) is 0 Å². The third-order valence-corrected chi connectivity index (χ3v) is 1.93. The van der Waals surface area contributed by atoms with Crippen molar-refractivity contribution in [2.75, 3.05) is 6.61 Å². The summed E-state index contributed by atoms with van der Waals surface area (Å²) in [6.07, 6.45) is -0.267. The van der Waals surface area contributed by atoms with Gasteiger partial charge in [-0.3, -0.25) is 0 Å². The Morgan fingerprint density at radius 1 is 1.56 bits per heavy atom. The molecule has 0 aliphatic carbocycles. The van der Waals surface area contributed by atoms with E-state index in [0.717, 1.165) is 0 Å². The summed E-state index contributed by atoms with van der Waals surface area (Å²) < 4.78 is 5.14. The van der Waals surface area contributed by atoms with Gasteiger partial charge in [-0.1, -0.05) is 0 Å². The molecular weight excluding hydrogens is 118 g/mol. The van der Waals surface area contributed by atoms with Crippen LogP contribution in [-0.2, 0) is 4.74 Å². The van der Waals surface area contributed by atoms with Gasteiger partial charge in [0.15, 0.2) is 0 Å². The molecule has 0 bridgehead atoms. The maximum atomic E-state index is 8.66. The molecule has 2 N–H and O–H groups in total. The Balaban J connectivity index is 2.00. The van der Waals surface area contributed by atoms with Crippen LogP contribution in [0.25, 0.3) is 0 Å². The molecule has 9 heavy (non-hydrogen) atoms. The first kappa shape index (κ1) is 5.65. The lowest BCUT2D eigenvalue weighted by Crippen LogP contribution is -2.25. The van der Waals surface area contributed by atoms with Crippen LogP contribution in [0.2, 0.25) is 0 Å². The standard InChI is InChI=1S/C6H9NO2/c1-3-5-6(7-5)4(2-8)9-3/h1,3-8H,2H2/t3-,4+,5?,6-/m0/s1. The molecule has 0 amide bonds. The second kappa shape index (κ2) is 1.68. The number of hydrogen-bond donors (Lipinski definition) is 2. The van der Waals surface area contributed by atoms with Crippen molar-refractivity contribution < 1.29 is 9.84 Å². The molecule has 3 heteroatoms. The topological polar surface area (TPSA) is 51.4 Å². The van der Waals surface area contributed by atoms with Gasteiger partial charge in [-0.25, -0.2) is 0 Å². The highest BCUT2D eigenvalue weighted by atomic mass is 16.5. The predicted molar refractivity (Wildman–Crippen MR) is 30.8 cm³/mol. The van der Waals surface area contributed by atoms with Gasteiger partial charge in [0.2, 0.25) is 0 Å². The minimum atomic E-state index is -0.202. The van der Waals surface area contributed by atoms with E-state index in [9.17, 15) is 0 Å². The molecule has 3 nitrogen and oxygen atoms in total. The molecule has 0 spiro atoms. The van der Waals surface area contributed by atoms with Crippen LogP contribution in [0.4, 0.5) is 0 Å². The third-order valence-electron chi connectivity index (χ3n) is 1.93. The second-order valence-electron chi connectivity index (χ2n) is 2.54. The lowest BCUT2D eigenvalue weighted by Gasteiger charge is -2.11. The normalized spacial score (nSPS) is 55.3. The number of ether oxygens (including phenoxy) is 1. The van der Waals surface area contributed by atoms with Crippen LogP contribution in [0.3, 0.4) is 0 Å². The molecule has 50 valence electrons. The minimum absolute atomic E-state index is 0.0648. The van der Waals surface area contributed by atoms with Crippen LogP contribution in [-0.4, -0.2) is 36.0 Å². The van der Waals surface area contributed by atoms with Crippen LogP contribution in [0.5, 0.6) is 0 Å². The average molecular weight is 127 g/mol. The van der Waals surface area contributed by atoms with Crippen molar-refractivity contribution in [2.45, 2.75) is 24.3 Å². The van der Waals surface area contributed by atoms with E-state index < -0.39 is 0 Å². The summed E-state index contributed by atoms with van der Waals surface area (Å²) in [6, 6.07) is 0.632. The highest BCUT2D eigenvalue weighted by molar-refractivity contribution is 5.13. The van der Waals surface area contributed by atoms with E-state index in [1.54, 1.807) is 0 Å². The van der Waals surface area contributed by atoms with Crippen LogP contribution in [0.15, 0.2) is 0 Å². The highest BCUT2D eigenvalue weighted by Gasteiger charge is 2.53. The van der Waals surface area contributed by atoms with Crippen molar-refractivity contribution in [1.29, 1.82) is 0 Å². The van der Waals surface area contributed by atoms with Crippen molar-refractivity contribution in [3.8, 4) is 0 Å². The Morgan fingerprint density at radius 3 is 2.56 bits per heavy atom. The number of nitrogens with one attached hydrogen (secondary N) is 1. The molecule has 0 saturated carbocycles. The van der Waals surface area contributed by atoms with Gasteiger partial charge in [0.1, 0.15) is 0 Å². The summed E-state index contributed by atoms with van der Waals surface area (Å²) in [4.78, 5) is 0. The minimum Gasteiger partial charge on any atom is -0.394 e. The van der Waals surface area contributed by atoms with Gasteiger partial charge in [0, 0.05) is 0 Å². The van der Waals surface area contributed by atoms with E-state index in [0.29, 0.717) is 12.1 Å². The summed E-state index contributed by atoms with van der Waals surface area (Å²) in [7, 11) is 0. The van der Waals surface area contributed by atoms with Crippen molar-refractivity contribution in [1.82, 2.24) is 5.32 Å². The highest BCUT2D eigenvalue weighted by Crippen LogP contribution is 2.30. The molecule has 2 fully saturated rings. The number of hydrogen-bond acceptors (Lipinski definition) is 3. The van der Waals surface area contributed by atoms with E-state index in [4.69, 9.17) is 16.8 Å². The predicted octanol–water partition coefficient (Wildman–Crippen LogP) is -1.20. The van der Waals surface area contributed by atoms with E-state index in [1.165, 1.54) is 0 Å². The number of aliphatic hydroxyl groups is 1. The SMILES string of the molecule is [CH][C@@H]1O[C@H](CO)[C@@H]2NC12. The van der Waals surface area contributed by atoms with Gasteiger partial charge in [-0.05, 0) is 6.92 Å². The van der Waals surface area contributed by atoms with E-state index >= 15 is 0 Å². The third kappa shape index (κ3) is 0.689. The lowest BCUT2D eigenvalue weighted by atomic mass is 10.2. The zero-order chi connectivity index (χ0) is 6.43. The van der Waals surface area contributed by atoms with Crippen molar-refractivity contribution >= 4 is 0 Å². The number of aliphatic hydroxyl groups excluding tert-OH is 1. The summed E-state index contributed by atoms with van der Waals surface area (Å²) in [5.41, 5.74) is 0. The van der Waals surface area contributed by atoms with Crippen molar-refractivity contribution in [2.24, 2.45) is 0 Å². The molecule has 0 aromatic rings. The zero-order valence-corrected chi connectivity index (χ0v) is 4.95. The van der Waals surface area contributed by atoms with Crippen LogP contribution in [0.1, 0.15) is 0 Å². The first-order valence-corrected chi connectivity index (χ1v) is 3.11. The average Bonchev–Trinajstić information content (AvgIpc) is 2.56. The maximum absolute atomic E-state index is 8.66. The molecule has 2 radical (unpaired) electrons. The second-order valence-corrected chi connectivity index (χ2v) is 2.54. The molecule has 2 aliphatic rings. The van der Waals surface area contributed by atoms with Gasteiger partial charge >= 0.3 is 0 Å².